The van der Waals surface area contributed by atoms with Crippen molar-refractivity contribution in [1.82, 2.24) is 19.9 Å². The number of aromatic nitrogens is 3. The molecule has 1 saturated heterocycles. The number of carbonyl (C=O) groups is 1. The highest BCUT2D eigenvalue weighted by atomic mass is 35.5. The van der Waals surface area contributed by atoms with Crippen LogP contribution >= 0.6 is 23.7 Å². The Labute approximate surface area is 175 Å². The summed E-state index contributed by atoms with van der Waals surface area (Å²) >= 11 is 1.07. The standard InChI is InChI=1S/C18H17F2N5O2S.ClH/c19-12-9-13(20)16-15(10-12)28-18(23-16)25(4-3-24-5-7-27-8-6-24)17(26)14-11-21-1-2-22-14;/h1-2,9-11H,3-8H2;1H. The summed E-state index contributed by atoms with van der Waals surface area (Å²) in [4.78, 5) is 28.9. The van der Waals surface area contributed by atoms with Gasteiger partial charge in [-0.2, -0.15) is 0 Å². The second-order valence-corrected chi connectivity index (χ2v) is 7.24. The molecule has 7 nitrogen and oxygen atoms in total. The molecule has 0 unspecified atom stereocenters. The maximum absolute atomic E-state index is 14.1. The topological polar surface area (TPSA) is 71.5 Å². The number of morpholine rings is 1. The Kier molecular flexibility index (Phi) is 7.01. The first-order chi connectivity index (χ1) is 13.6. The van der Waals surface area contributed by atoms with Crippen molar-refractivity contribution in [2.24, 2.45) is 0 Å². The summed E-state index contributed by atoms with van der Waals surface area (Å²) in [5.74, 6) is -1.82. The number of thiazole rings is 1. The Balaban J connectivity index is 0.00000240. The molecule has 4 rings (SSSR count). The summed E-state index contributed by atoms with van der Waals surface area (Å²) in [6.45, 7) is 3.76. The molecule has 1 fully saturated rings. The molecule has 1 aliphatic heterocycles. The lowest BCUT2D eigenvalue weighted by atomic mass is 10.3. The molecule has 0 atom stereocenters. The van der Waals surface area contributed by atoms with Gasteiger partial charge in [0.25, 0.3) is 5.91 Å². The number of ether oxygens (including phenoxy) is 1. The lowest BCUT2D eigenvalue weighted by molar-refractivity contribution is 0.0391. The van der Waals surface area contributed by atoms with Crippen LogP contribution in [0.25, 0.3) is 10.2 Å². The fraction of sp³-hybridized carbons (Fsp3) is 0.333. The summed E-state index contributed by atoms with van der Waals surface area (Å²) in [6, 6.07) is 2.00. The predicted octanol–water partition coefficient (Wildman–Crippen LogP) is 2.77. The molecule has 1 amide bonds. The van der Waals surface area contributed by atoms with Gasteiger partial charge < -0.3 is 4.74 Å². The van der Waals surface area contributed by atoms with Crippen molar-refractivity contribution in [1.29, 1.82) is 0 Å². The largest absolute Gasteiger partial charge is 0.379 e. The summed E-state index contributed by atoms with van der Waals surface area (Å²) in [6.07, 6.45) is 4.28. The minimum Gasteiger partial charge on any atom is -0.379 e. The number of hydrogen-bond donors (Lipinski definition) is 0. The second kappa shape index (κ2) is 9.49. The van der Waals surface area contributed by atoms with E-state index in [9.17, 15) is 13.6 Å². The van der Waals surface area contributed by atoms with Crippen LogP contribution in [0.3, 0.4) is 0 Å². The van der Waals surface area contributed by atoms with Gasteiger partial charge in [-0.25, -0.2) is 18.7 Å². The van der Waals surface area contributed by atoms with Crippen LogP contribution in [0.1, 0.15) is 10.5 Å². The molecule has 0 spiro atoms. The molecule has 2 aromatic heterocycles. The average Bonchev–Trinajstić information content (AvgIpc) is 3.13. The number of rotatable bonds is 5. The Morgan fingerprint density at radius 3 is 2.76 bits per heavy atom. The molecule has 0 aliphatic carbocycles. The van der Waals surface area contributed by atoms with Crippen LogP contribution in [0, 0.1) is 11.6 Å². The molecule has 3 heterocycles. The number of benzene rings is 1. The van der Waals surface area contributed by atoms with E-state index in [0.717, 1.165) is 30.5 Å². The molecule has 3 aromatic rings. The lowest BCUT2D eigenvalue weighted by Gasteiger charge is -2.29. The van der Waals surface area contributed by atoms with E-state index >= 15 is 0 Å². The monoisotopic (exact) mass is 441 g/mol. The quantitative estimate of drug-likeness (QED) is 0.606. The number of halogens is 3. The van der Waals surface area contributed by atoms with Gasteiger partial charge in [-0.15, -0.1) is 12.4 Å². The maximum atomic E-state index is 14.1. The van der Waals surface area contributed by atoms with Gasteiger partial charge in [0.05, 0.1) is 24.1 Å². The Bertz CT molecular complexity index is 985. The van der Waals surface area contributed by atoms with Crippen molar-refractivity contribution >= 4 is 45.0 Å². The minimum atomic E-state index is -0.752. The van der Waals surface area contributed by atoms with E-state index in [-0.39, 0.29) is 29.5 Å². The Hall–Kier alpha value is -2.27. The Morgan fingerprint density at radius 1 is 1.24 bits per heavy atom. The van der Waals surface area contributed by atoms with E-state index in [2.05, 4.69) is 19.9 Å². The van der Waals surface area contributed by atoms with Gasteiger partial charge in [0.1, 0.15) is 17.0 Å². The molecular formula is C18H18ClF2N5O2S. The SMILES string of the molecule is Cl.O=C(c1cnccn1)N(CCN1CCOCC1)c1nc2c(F)cc(F)cc2s1. The highest BCUT2D eigenvalue weighted by Gasteiger charge is 2.24. The molecule has 154 valence electrons. The fourth-order valence-corrected chi connectivity index (χ4v) is 3.99. The number of hydrogen-bond acceptors (Lipinski definition) is 7. The fourth-order valence-electron chi connectivity index (χ4n) is 2.96. The number of fused-ring (bicyclic) bond motifs is 1. The van der Waals surface area contributed by atoms with E-state index in [1.165, 1.54) is 29.6 Å². The summed E-state index contributed by atoms with van der Waals surface area (Å²) in [5.41, 5.74) is 0.208. The van der Waals surface area contributed by atoms with Crippen LogP contribution < -0.4 is 4.90 Å². The molecular weight excluding hydrogens is 424 g/mol. The Morgan fingerprint density at radius 2 is 2.03 bits per heavy atom. The zero-order valence-electron chi connectivity index (χ0n) is 15.3. The summed E-state index contributed by atoms with van der Waals surface area (Å²) in [7, 11) is 0. The normalized spacial score (nSPS) is 14.6. The van der Waals surface area contributed by atoms with E-state index in [1.807, 2.05) is 0 Å². The number of nitrogens with zero attached hydrogens (tertiary/aromatic N) is 5. The molecule has 11 heteroatoms. The molecule has 1 aliphatic rings. The van der Waals surface area contributed by atoms with Crippen molar-refractivity contribution in [3.05, 3.63) is 48.1 Å². The van der Waals surface area contributed by atoms with Crippen LogP contribution in [0.2, 0.25) is 0 Å². The zero-order chi connectivity index (χ0) is 19.5. The summed E-state index contributed by atoms with van der Waals surface area (Å²) in [5, 5.41) is 0.295. The third-order valence-electron chi connectivity index (χ3n) is 4.40. The molecule has 0 bridgehead atoms. The average molecular weight is 442 g/mol. The smallest absolute Gasteiger partial charge is 0.280 e. The van der Waals surface area contributed by atoms with Crippen LogP contribution in [-0.4, -0.2) is 65.2 Å². The second-order valence-electron chi connectivity index (χ2n) is 6.23. The number of carbonyl (C=O) groups excluding carboxylic acids is 1. The van der Waals surface area contributed by atoms with Gasteiger partial charge in [-0.05, 0) is 6.07 Å². The zero-order valence-corrected chi connectivity index (χ0v) is 16.9. The van der Waals surface area contributed by atoms with E-state index < -0.39 is 11.6 Å². The van der Waals surface area contributed by atoms with Crippen molar-refractivity contribution < 1.29 is 18.3 Å². The highest BCUT2D eigenvalue weighted by Crippen LogP contribution is 2.31. The third kappa shape index (κ3) is 4.84. The molecule has 29 heavy (non-hydrogen) atoms. The van der Waals surface area contributed by atoms with E-state index in [1.54, 1.807) is 0 Å². The van der Waals surface area contributed by atoms with Crippen LogP contribution in [0.4, 0.5) is 13.9 Å². The van der Waals surface area contributed by atoms with Crippen LogP contribution in [0.5, 0.6) is 0 Å². The molecule has 0 N–H and O–H groups in total. The van der Waals surface area contributed by atoms with Crippen molar-refractivity contribution in [2.75, 3.05) is 44.3 Å². The number of amides is 1. The van der Waals surface area contributed by atoms with E-state index in [4.69, 9.17) is 4.74 Å². The minimum absolute atomic E-state index is 0. The van der Waals surface area contributed by atoms with Gasteiger partial charge in [0.2, 0.25) is 0 Å². The van der Waals surface area contributed by atoms with Gasteiger partial charge in [0, 0.05) is 44.6 Å². The first kappa shape index (κ1) is 21.4. The van der Waals surface area contributed by atoms with Crippen molar-refractivity contribution in [3.8, 4) is 0 Å². The van der Waals surface area contributed by atoms with Gasteiger partial charge in [-0.1, -0.05) is 11.3 Å². The summed E-state index contributed by atoms with van der Waals surface area (Å²) < 4.78 is 33.3. The third-order valence-corrected chi connectivity index (χ3v) is 5.43. The molecule has 0 saturated carbocycles. The molecule has 1 aromatic carbocycles. The van der Waals surface area contributed by atoms with Crippen LogP contribution in [-0.2, 0) is 4.74 Å². The van der Waals surface area contributed by atoms with Gasteiger partial charge >= 0.3 is 0 Å². The van der Waals surface area contributed by atoms with Gasteiger partial charge in [-0.3, -0.25) is 19.6 Å². The first-order valence-electron chi connectivity index (χ1n) is 8.75. The highest BCUT2D eigenvalue weighted by molar-refractivity contribution is 7.22. The lowest BCUT2D eigenvalue weighted by Crippen LogP contribution is -2.43. The predicted molar refractivity (Wildman–Crippen MR) is 108 cm³/mol. The van der Waals surface area contributed by atoms with E-state index in [0.29, 0.717) is 36.1 Å². The van der Waals surface area contributed by atoms with Crippen molar-refractivity contribution in [3.63, 3.8) is 0 Å². The maximum Gasteiger partial charge on any atom is 0.280 e. The first-order valence-corrected chi connectivity index (χ1v) is 9.57. The van der Waals surface area contributed by atoms with Crippen molar-refractivity contribution in [2.45, 2.75) is 0 Å². The number of anilines is 1. The molecule has 0 radical (unpaired) electrons. The van der Waals surface area contributed by atoms with Gasteiger partial charge in [0.15, 0.2) is 10.9 Å². The van der Waals surface area contributed by atoms with Crippen LogP contribution in [0.15, 0.2) is 30.7 Å².